The third-order valence-corrected chi connectivity index (χ3v) is 5.25. The molecule has 4 heterocycles. The number of aromatic nitrogens is 4. The number of nitrogens with one attached hydrogen (secondary N) is 1. The maximum atomic E-state index is 13.4. The first-order valence-electron chi connectivity index (χ1n) is 9.30. The predicted octanol–water partition coefficient (Wildman–Crippen LogP) is 2.48. The van der Waals surface area contributed by atoms with Gasteiger partial charge < -0.3 is 14.6 Å². The average molecular weight is 369 g/mol. The molecule has 1 N–H and O–H groups in total. The van der Waals surface area contributed by atoms with Gasteiger partial charge in [-0.2, -0.15) is 5.10 Å². The SMILES string of the molecule is O=C([C@H]1CCCCO1)N1CCn2nc(-c3nc4ccc(F)cc4[nH]3)cc2C1. The maximum absolute atomic E-state index is 13.4. The summed E-state index contributed by atoms with van der Waals surface area (Å²) in [5.41, 5.74) is 3.00. The molecule has 0 saturated carbocycles. The van der Waals surface area contributed by atoms with Crippen molar-refractivity contribution >= 4 is 16.9 Å². The van der Waals surface area contributed by atoms with Crippen molar-refractivity contribution in [2.45, 2.75) is 38.5 Å². The van der Waals surface area contributed by atoms with Crippen molar-refractivity contribution < 1.29 is 13.9 Å². The Labute approximate surface area is 155 Å². The number of amides is 1. The lowest BCUT2D eigenvalue weighted by atomic mass is 10.1. The number of rotatable bonds is 2. The molecule has 0 aliphatic carbocycles. The molecule has 1 aromatic carbocycles. The molecular weight excluding hydrogens is 349 g/mol. The van der Waals surface area contributed by atoms with E-state index in [2.05, 4.69) is 15.1 Å². The Morgan fingerprint density at radius 1 is 1.26 bits per heavy atom. The van der Waals surface area contributed by atoms with Crippen molar-refractivity contribution in [2.75, 3.05) is 13.2 Å². The number of halogens is 1. The van der Waals surface area contributed by atoms with Crippen LogP contribution in [0.1, 0.15) is 25.0 Å². The Morgan fingerprint density at radius 3 is 3.04 bits per heavy atom. The summed E-state index contributed by atoms with van der Waals surface area (Å²) in [6, 6.07) is 6.40. The van der Waals surface area contributed by atoms with E-state index >= 15 is 0 Å². The van der Waals surface area contributed by atoms with Gasteiger partial charge in [0.15, 0.2) is 5.82 Å². The standard InChI is InChI=1S/C19H20FN5O2/c20-12-4-5-14-15(9-12)22-18(21-14)16-10-13-11-24(6-7-25(13)23-16)19(26)17-3-1-2-8-27-17/h4-5,9-10,17H,1-3,6-8,11H2,(H,21,22)/t17-/m1/s1. The van der Waals surface area contributed by atoms with Crippen molar-refractivity contribution in [1.82, 2.24) is 24.6 Å². The van der Waals surface area contributed by atoms with Gasteiger partial charge in [-0.1, -0.05) is 0 Å². The third kappa shape index (κ3) is 2.99. The van der Waals surface area contributed by atoms with Gasteiger partial charge in [-0.25, -0.2) is 9.37 Å². The van der Waals surface area contributed by atoms with Crippen molar-refractivity contribution in [3.8, 4) is 11.5 Å². The fourth-order valence-electron chi connectivity index (χ4n) is 3.81. The topological polar surface area (TPSA) is 76.0 Å². The van der Waals surface area contributed by atoms with E-state index in [0.717, 1.165) is 25.0 Å². The summed E-state index contributed by atoms with van der Waals surface area (Å²) in [7, 11) is 0. The molecule has 1 fully saturated rings. The minimum Gasteiger partial charge on any atom is -0.368 e. The normalized spacial score (nSPS) is 20.0. The number of aromatic amines is 1. The number of nitrogens with zero attached hydrogens (tertiary/aromatic N) is 4. The molecule has 0 spiro atoms. The zero-order chi connectivity index (χ0) is 18.4. The lowest BCUT2D eigenvalue weighted by Crippen LogP contribution is -2.45. The summed E-state index contributed by atoms with van der Waals surface area (Å²) in [5.74, 6) is 0.370. The van der Waals surface area contributed by atoms with Gasteiger partial charge in [0.2, 0.25) is 0 Å². The zero-order valence-corrected chi connectivity index (χ0v) is 14.8. The van der Waals surface area contributed by atoms with Crippen LogP contribution < -0.4 is 0 Å². The molecule has 140 valence electrons. The molecule has 1 saturated heterocycles. The Balaban J connectivity index is 1.38. The number of benzene rings is 1. The van der Waals surface area contributed by atoms with E-state index in [-0.39, 0.29) is 17.8 Å². The average Bonchev–Trinajstić information content (AvgIpc) is 3.30. The number of imidazole rings is 1. The Kier molecular flexibility index (Phi) is 3.93. The van der Waals surface area contributed by atoms with Gasteiger partial charge in [0.1, 0.15) is 17.6 Å². The van der Waals surface area contributed by atoms with Crippen LogP contribution in [0.2, 0.25) is 0 Å². The molecule has 7 nitrogen and oxygen atoms in total. The van der Waals surface area contributed by atoms with Crippen LogP contribution in [0.4, 0.5) is 4.39 Å². The molecule has 2 aromatic heterocycles. The first-order chi connectivity index (χ1) is 13.2. The number of hydrogen-bond acceptors (Lipinski definition) is 4. The lowest BCUT2D eigenvalue weighted by molar-refractivity contribution is -0.148. The van der Waals surface area contributed by atoms with Gasteiger partial charge >= 0.3 is 0 Å². The Morgan fingerprint density at radius 2 is 2.19 bits per heavy atom. The van der Waals surface area contributed by atoms with Crippen LogP contribution >= 0.6 is 0 Å². The quantitative estimate of drug-likeness (QED) is 0.753. The molecule has 1 amide bonds. The first kappa shape index (κ1) is 16.4. The van der Waals surface area contributed by atoms with Crippen LogP contribution in [0.5, 0.6) is 0 Å². The first-order valence-corrected chi connectivity index (χ1v) is 9.30. The number of H-pyrrole nitrogens is 1. The minimum atomic E-state index is -0.307. The van der Waals surface area contributed by atoms with Crippen LogP contribution in [0.3, 0.4) is 0 Å². The van der Waals surface area contributed by atoms with E-state index in [9.17, 15) is 9.18 Å². The molecule has 3 aromatic rings. The van der Waals surface area contributed by atoms with Crippen LogP contribution in [0, 0.1) is 5.82 Å². The second-order valence-corrected chi connectivity index (χ2v) is 7.11. The lowest BCUT2D eigenvalue weighted by Gasteiger charge is -2.32. The number of fused-ring (bicyclic) bond motifs is 2. The van der Waals surface area contributed by atoms with Crippen molar-refractivity contribution in [3.05, 3.63) is 35.8 Å². The van der Waals surface area contributed by atoms with E-state index < -0.39 is 0 Å². The monoisotopic (exact) mass is 369 g/mol. The zero-order valence-electron chi connectivity index (χ0n) is 14.8. The van der Waals surface area contributed by atoms with Gasteiger partial charge in [-0.3, -0.25) is 9.48 Å². The van der Waals surface area contributed by atoms with Crippen LogP contribution in [0.25, 0.3) is 22.6 Å². The highest BCUT2D eigenvalue weighted by Gasteiger charge is 2.30. The highest BCUT2D eigenvalue weighted by molar-refractivity contribution is 5.81. The van der Waals surface area contributed by atoms with Gasteiger partial charge in [0.25, 0.3) is 5.91 Å². The van der Waals surface area contributed by atoms with E-state index in [1.54, 1.807) is 6.07 Å². The van der Waals surface area contributed by atoms with Crippen LogP contribution in [-0.4, -0.2) is 49.8 Å². The largest absolute Gasteiger partial charge is 0.368 e. The van der Waals surface area contributed by atoms with Gasteiger partial charge in [-0.05, 0) is 43.5 Å². The predicted molar refractivity (Wildman–Crippen MR) is 96.3 cm³/mol. The van der Waals surface area contributed by atoms with E-state index in [1.165, 1.54) is 12.1 Å². The van der Waals surface area contributed by atoms with Crippen molar-refractivity contribution in [2.24, 2.45) is 0 Å². The smallest absolute Gasteiger partial charge is 0.252 e. The Bertz CT molecular complexity index is 1000. The molecular formula is C19H20FN5O2. The maximum Gasteiger partial charge on any atom is 0.252 e. The van der Waals surface area contributed by atoms with E-state index in [0.29, 0.717) is 48.8 Å². The molecule has 0 radical (unpaired) electrons. The van der Waals surface area contributed by atoms with Gasteiger partial charge in [0.05, 0.1) is 29.8 Å². The van der Waals surface area contributed by atoms with E-state index in [4.69, 9.17) is 4.74 Å². The fraction of sp³-hybridized carbons (Fsp3) is 0.421. The second-order valence-electron chi connectivity index (χ2n) is 7.11. The summed E-state index contributed by atoms with van der Waals surface area (Å²) in [5, 5.41) is 4.60. The summed E-state index contributed by atoms with van der Waals surface area (Å²) < 4.78 is 20.9. The number of carbonyl (C=O) groups is 1. The van der Waals surface area contributed by atoms with Gasteiger partial charge in [-0.15, -0.1) is 0 Å². The minimum absolute atomic E-state index is 0.0721. The molecule has 27 heavy (non-hydrogen) atoms. The summed E-state index contributed by atoms with van der Waals surface area (Å²) in [6.07, 6.45) is 2.56. The molecule has 0 unspecified atom stereocenters. The number of ether oxygens (including phenoxy) is 1. The highest BCUT2D eigenvalue weighted by atomic mass is 19.1. The molecule has 5 rings (SSSR count). The van der Waals surface area contributed by atoms with Crippen molar-refractivity contribution in [1.29, 1.82) is 0 Å². The molecule has 1 atom stereocenters. The van der Waals surface area contributed by atoms with E-state index in [1.807, 2.05) is 15.6 Å². The Hall–Kier alpha value is -2.74. The molecule has 8 heteroatoms. The summed E-state index contributed by atoms with van der Waals surface area (Å²) >= 11 is 0. The molecule has 2 aliphatic heterocycles. The van der Waals surface area contributed by atoms with Crippen LogP contribution in [-0.2, 0) is 22.6 Å². The highest BCUT2D eigenvalue weighted by Crippen LogP contribution is 2.24. The molecule has 2 aliphatic rings. The summed E-state index contributed by atoms with van der Waals surface area (Å²) in [4.78, 5) is 22.2. The van der Waals surface area contributed by atoms with Crippen LogP contribution in [0.15, 0.2) is 24.3 Å². The number of hydrogen-bond donors (Lipinski definition) is 1. The summed E-state index contributed by atoms with van der Waals surface area (Å²) in [6.45, 7) is 2.44. The van der Waals surface area contributed by atoms with Gasteiger partial charge in [0, 0.05) is 13.2 Å². The third-order valence-electron chi connectivity index (χ3n) is 5.25. The number of carbonyl (C=O) groups excluding carboxylic acids is 1. The molecule has 0 bridgehead atoms. The fourth-order valence-corrected chi connectivity index (χ4v) is 3.81. The second kappa shape index (κ2) is 6.45. The van der Waals surface area contributed by atoms with Crippen molar-refractivity contribution in [3.63, 3.8) is 0 Å².